The maximum absolute atomic E-state index is 5.58. The van der Waals surface area contributed by atoms with Crippen LogP contribution in [0.5, 0.6) is 0 Å². The maximum atomic E-state index is 5.58. The third-order valence-corrected chi connectivity index (χ3v) is 4.01. The van der Waals surface area contributed by atoms with Gasteiger partial charge in [-0.25, -0.2) is 4.98 Å². The molecule has 0 saturated heterocycles. The smallest absolute Gasteiger partial charge is 0.123 e. The molecule has 2 aromatic rings. The first kappa shape index (κ1) is 13.1. The zero-order valence-electron chi connectivity index (χ0n) is 10.8. The summed E-state index contributed by atoms with van der Waals surface area (Å²) in [7, 11) is 2.15. The molecule has 0 radical (unpaired) electrons. The summed E-state index contributed by atoms with van der Waals surface area (Å²) >= 11 is 1.82. The Kier molecular flexibility index (Phi) is 4.33. The summed E-state index contributed by atoms with van der Waals surface area (Å²) < 4.78 is 0. The van der Waals surface area contributed by atoms with Crippen molar-refractivity contribution in [3.8, 4) is 0 Å². The van der Waals surface area contributed by atoms with Gasteiger partial charge < -0.3 is 5.73 Å². The van der Waals surface area contributed by atoms with Gasteiger partial charge in [0.25, 0.3) is 0 Å². The van der Waals surface area contributed by atoms with Crippen molar-refractivity contribution in [2.75, 3.05) is 12.8 Å². The lowest BCUT2D eigenvalue weighted by molar-refractivity contribution is 0.249. The summed E-state index contributed by atoms with van der Waals surface area (Å²) in [6, 6.07) is 8.71. The molecule has 0 aliphatic carbocycles. The monoisotopic (exact) mass is 261 g/mol. The molecule has 4 heteroatoms. The number of likely N-dealkylation sites (N-methyl/N-ethyl adjacent to an activating group) is 1. The second-order valence-corrected chi connectivity index (χ2v) is 5.67. The first-order chi connectivity index (χ1) is 8.65. The molecule has 2 rings (SSSR count). The average Bonchev–Trinajstić information content (AvgIpc) is 2.85. The topological polar surface area (TPSA) is 42.1 Å². The molecule has 0 aliphatic rings. The molecule has 0 saturated carbocycles. The molecule has 0 aliphatic heterocycles. The normalized spacial score (nSPS) is 12.8. The van der Waals surface area contributed by atoms with Crippen LogP contribution in [0, 0.1) is 0 Å². The fourth-order valence-corrected chi connectivity index (χ4v) is 2.68. The van der Waals surface area contributed by atoms with Crippen LogP contribution in [0.3, 0.4) is 0 Å². The Hall–Kier alpha value is -1.39. The summed E-state index contributed by atoms with van der Waals surface area (Å²) in [5.74, 6) is 0.577. The van der Waals surface area contributed by atoms with Gasteiger partial charge in [0.15, 0.2) is 0 Å². The molecule has 1 unspecified atom stereocenters. The van der Waals surface area contributed by atoms with Crippen LogP contribution in [0.1, 0.15) is 17.4 Å². The number of pyridine rings is 1. The number of nitrogens with zero attached hydrogens (tertiary/aromatic N) is 2. The van der Waals surface area contributed by atoms with Crippen LogP contribution in [0.15, 0.2) is 35.8 Å². The van der Waals surface area contributed by atoms with E-state index < -0.39 is 0 Å². The molecular weight excluding hydrogens is 242 g/mol. The standard InChI is InChI=1S/C14H19N3S/c1-11(8-13-4-3-7-18-13)17(2)10-12-5-6-14(15)16-9-12/h3-7,9,11H,8,10H2,1-2H3,(H2,15,16). The van der Waals surface area contributed by atoms with E-state index in [1.54, 1.807) is 0 Å². The highest BCUT2D eigenvalue weighted by Gasteiger charge is 2.11. The quantitative estimate of drug-likeness (QED) is 0.900. The minimum absolute atomic E-state index is 0.515. The predicted molar refractivity (Wildman–Crippen MR) is 77.6 cm³/mol. The number of hydrogen-bond donors (Lipinski definition) is 1. The van der Waals surface area contributed by atoms with Crippen molar-refractivity contribution in [2.24, 2.45) is 0 Å². The van der Waals surface area contributed by atoms with Gasteiger partial charge in [-0.15, -0.1) is 11.3 Å². The minimum Gasteiger partial charge on any atom is -0.384 e. The van der Waals surface area contributed by atoms with E-state index in [2.05, 4.69) is 41.4 Å². The van der Waals surface area contributed by atoms with E-state index in [4.69, 9.17) is 5.73 Å². The van der Waals surface area contributed by atoms with Crippen LogP contribution < -0.4 is 5.73 Å². The highest BCUT2D eigenvalue weighted by Crippen LogP contribution is 2.15. The summed E-state index contributed by atoms with van der Waals surface area (Å²) in [5.41, 5.74) is 6.78. The lowest BCUT2D eigenvalue weighted by Gasteiger charge is -2.24. The van der Waals surface area contributed by atoms with Crippen molar-refractivity contribution in [2.45, 2.75) is 25.9 Å². The SMILES string of the molecule is CC(Cc1cccs1)N(C)Cc1ccc(N)nc1. The Morgan fingerprint density at radius 3 is 2.83 bits per heavy atom. The molecule has 2 N–H and O–H groups in total. The van der Waals surface area contributed by atoms with Crippen LogP contribution in [-0.2, 0) is 13.0 Å². The van der Waals surface area contributed by atoms with E-state index in [1.807, 2.05) is 29.7 Å². The molecule has 0 amide bonds. The number of anilines is 1. The van der Waals surface area contributed by atoms with Crippen LogP contribution in [0.25, 0.3) is 0 Å². The highest BCUT2D eigenvalue weighted by molar-refractivity contribution is 7.09. The van der Waals surface area contributed by atoms with Crippen molar-refractivity contribution < 1.29 is 0 Å². The van der Waals surface area contributed by atoms with Gasteiger partial charge in [0.05, 0.1) is 0 Å². The van der Waals surface area contributed by atoms with Gasteiger partial charge in [-0.2, -0.15) is 0 Å². The molecule has 0 fully saturated rings. The van der Waals surface area contributed by atoms with Gasteiger partial charge in [0.2, 0.25) is 0 Å². The maximum Gasteiger partial charge on any atom is 0.123 e. The third kappa shape index (κ3) is 3.55. The zero-order valence-corrected chi connectivity index (χ0v) is 11.7. The fourth-order valence-electron chi connectivity index (χ4n) is 1.85. The highest BCUT2D eigenvalue weighted by atomic mass is 32.1. The average molecular weight is 261 g/mol. The van der Waals surface area contributed by atoms with Crippen LogP contribution in [-0.4, -0.2) is 23.0 Å². The van der Waals surface area contributed by atoms with Crippen LogP contribution in [0.4, 0.5) is 5.82 Å². The summed E-state index contributed by atoms with van der Waals surface area (Å²) in [4.78, 5) is 7.90. The van der Waals surface area contributed by atoms with E-state index >= 15 is 0 Å². The number of nitrogen functional groups attached to an aromatic ring is 1. The van der Waals surface area contributed by atoms with Gasteiger partial charge in [-0.3, -0.25) is 4.90 Å². The first-order valence-corrected chi connectivity index (χ1v) is 6.96. The summed E-state index contributed by atoms with van der Waals surface area (Å²) in [6.45, 7) is 3.16. The van der Waals surface area contributed by atoms with E-state index in [9.17, 15) is 0 Å². The van der Waals surface area contributed by atoms with Gasteiger partial charge >= 0.3 is 0 Å². The molecule has 0 aromatic carbocycles. The summed E-state index contributed by atoms with van der Waals surface area (Å²) in [5, 5.41) is 2.13. The molecule has 18 heavy (non-hydrogen) atoms. The number of nitrogens with two attached hydrogens (primary N) is 1. The molecule has 2 heterocycles. The van der Waals surface area contributed by atoms with Crippen molar-refractivity contribution in [1.29, 1.82) is 0 Å². The van der Waals surface area contributed by atoms with E-state index in [0.29, 0.717) is 11.9 Å². The van der Waals surface area contributed by atoms with Crippen LogP contribution in [0.2, 0.25) is 0 Å². The molecular formula is C14H19N3S. The van der Waals surface area contributed by atoms with Gasteiger partial charge in [0, 0.05) is 23.7 Å². The van der Waals surface area contributed by atoms with Gasteiger partial charge in [-0.05, 0) is 43.5 Å². The number of thiophene rings is 1. The number of hydrogen-bond acceptors (Lipinski definition) is 4. The lowest BCUT2D eigenvalue weighted by atomic mass is 10.1. The third-order valence-electron chi connectivity index (χ3n) is 3.11. The van der Waals surface area contributed by atoms with E-state index in [-0.39, 0.29) is 0 Å². The number of aromatic nitrogens is 1. The summed E-state index contributed by atoms with van der Waals surface area (Å²) in [6.07, 6.45) is 2.94. The second kappa shape index (κ2) is 5.98. The van der Waals surface area contributed by atoms with Gasteiger partial charge in [-0.1, -0.05) is 12.1 Å². The largest absolute Gasteiger partial charge is 0.384 e. The lowest BCUT2D eigenvalue weighted by Crippen LogP contribution is -2.30. The molecule has 0 spiro atoms. The molecule has 0 bridgehead atoms. The Morgan fingerprint density at radius 2 is 2.22 bits per heavy atom. The van der Waals surface area contributed by atoms with Crippen molar-refractivity contribution in [1.82, 2.24) is 9.88 Å². The number of rotatable bonds is 5. The van der Waals surface area contributed by atoms with Crippen molar-refractivity contribution >= 4 is 17.2 Å². The Morgan fingerprint density at radius 1 is 1.39 bits per heavy atom. The van der Waals surface area contributed by atoms with Crippen molar-refractivity contribution in [3.05, 3.63) is 46.3 Å². The molecule has 1 atom stereocenters. The van der Waals surface area contributed by atoms with Crippen molar-refractivity contribution in [3.63, 3.8) is 0 Å². The second-order valence-electron chi connectivity index (χ2n) is 4.64. The minimum atomic E-state index is 0.515. The van der Waals surface area contributed by atoms with Crippen LogP contribution >= 0.6 is 11.3 Å². The molecule has 2 aromatic heterocycles. The predicted octanol–water partition coefficient (Wildman–Crippen LogP) is 2.79. The van der Waals surface area contributed by atoms with Gasteiger partial charge in [0.1, 0.15) is 5.82 Å². The Balaban J connectivity index is 1.90. The Labute approximate surface area is 112 Å². The first-order valence-electron chi connectivity index (χ1n) is 6.08. The zero-order chi connectivity index (χ0) is 13.0. The Bertz CT molecular complexity index is 464. The van der Waals surface area contributed by atoms with E-state index in [0.717, 1.165) is 13.0 Å². The fraction of sp³-hybridized carbons (Fsp3) is 0.357. The molecule has 96 valence electrons. The van der Waals surface area contributed by atoms with E-state index in [1.165, 1.54) is 10.4 Å². The molecule has 3 nitrogen and oxygen atoms in total.